The van der Waals surface area contributed by atoms with E-state index in [-0.39, 0.29) is 5.69 Å². The molecule has 0 saturated heterocycles. The van der Waals surface area contributed by atoms with Gasteiger partial charge in [-0.1, -0.05) is 41.6 Å². The van der Waals surface area contributed by atoms with Gasteiger partial charge in [0.15, 0.2) is 0 Å². The number of halogens is 4. The molecular formula is C14H17BrF3N. The van der Waals surface area contributed by atoms with Gasteiger partial charge in [0.25, 0.3) is 0 Å². The zero-order chi connectivity index (χ0) is 13.9. The highest BCUT2D eigenvalue weighted by Gasteiger charge is 2.33. The Morgan fingerprint density at radius 3 is 2.53 bits per heavy atom. The van der Waals surface area contributed by atoms with Crippen molar-refractivity contribution in [2.75, 3.05) is 11.9 Å². The minimum Gasteiger partial charge on any atom is -0.385 e. The highest BCUT2D eigenvalue weighted by Crippen LogP contribution is 2.36. The SMILES string of the molecule is FC(F)(F)c1ccc(Br)cc1NCCC1CCCC1. The van der Waals surface area contributed by atoms with Crippen molar-refractivity contribution >= 4 is 21.6 Å². The number of hydrogen-bond acceptors (Lipinski definition) is 1. The van der Waals surface area contributed by atoms with E-state index < -0.39 is 11.7 Å². The Kier molecular flexibility index (Phi) is 4.76. The number of hydrogen-bond donors (Lipinski definition) is 1. The van der Waals surface area contributed by atoms with E-state index in [4.69, 9.17) is 0 Å². The molecule has 1 saturated carbocycles. The Labute approximate surface area is 119 Å². The summed E-state index contributed by atoms with van der Waals surface area (Å²) < 4.78 is 39.2. The van der Waals surface area contributed by atoms with Crippen LogP contribution in [0.4, 0.5) is 18.9 Å². The maximum atomic E-state index is 12.9. The molecule has 0 bridgehead atoms. The van der Waals surface area contributed by atoms with Gasteiger partial charge >= 0.3 is 6.18 Å². The normalized spacial score (nSPS) is 16.8. The fourth-order valence-electron chi connectivity index (χ4n) is 2.62. The van der Waals surface area contributed by atoms with E-state index in [9.17, 15) is 13.2 Å². The van der Waals surface area contributed by atoms with Gasteiger partial charge in [0.2, 0.25) is 0 Å². The molecular weight excluding hydrogens is 319 g/mol. The van der Waals surface area contributed by atoms with E-state index in [1.165, 1.54) is 37.8 Å². The fourth-order valence-corrected chi connectivity index (χ4v) is 2.98. The van der Waals surface area contributed by atoms with Gasteiger partial charge in [0, 0.05) is 16.7 Å². The first-order chi connectivity index (χ1) is 8.97. The van der Waals surface area contributed by atoms with E-state index in [0.717, 1.165) is 12.5 Å². The van der Waals surface area contributed by atoms with Gasteiger partial charge in [-0.25, -0.2) is 0 Å². The minimum absolute atomic E-state index is 0.167. The maximum absolute atomic E-state index is 12.9. The average Bonchev–Trinajstić information content (AvgIpc) is 2.80. The molecule has 1 nitrogen and oxygen atoms in total. The Morgan fingerprint density at radius 2 is 1.89 bits per heavy atom. The van der Waals surface area contributed by atoms with Gasteiger partial charge in [0.05, 0.1) is 5.56 Å². The molecule has 19 heavy (non-hydrogen) atoms. The molecule has 2 rings (SSSR count). The van der Waals surface area contributed by atoms with Crippen molar-refractivity contribution in [3.05, 3.63) is 28.2 Å². The molecule has 1 aliphatic carbocycles. The molecule has 0 heterocycles. The molecule has 1 fully saturated rings. The third kappa shape index (κ3) is 4.13. The Morgan fingerprint density at radius 1 is 1.21 bits per heavy atom. The van der Waals surface area contributed by atoms with E-state index in [1.54, 1.807) is 0 Å². The molecule has 0 atom stereocenters. The van der Waals surface area contributed by atoms with Gasteiger partial charge < -0.3 is 5.32 Å². The lowest BCUT2D eigenvalue weighted by atomic mass is 10.0. The third-order valence-corrected chi connectivity index (χ3v) is 4.12. The first-order valence-corrected chi connectivity index (χ1v) is 7.37. The van der Waals surface area contributed by atoms with Crippen LogP contribution in [0.3, 0.4) is 0 Å². The molecule has 0 unspecified atom stereocenters. The summed E-state index contributed by atoms with van der Waals surface area (Å²) in [6, 6.07) is 4.03. The second kappa shape index (κ2) is 6.16. The molecule has 5 heteroatoms. The summed E-state index contributed by atoms with van der Waals surface area (Å²) in [5.41, 5.74) is -0.429. The van der Waals surface area contributed by atoms with Crippen molar-refractivity contribution < 1.29 is 13.2 Å². The van der Waals surface area contributed by atoms with Crippen LogP contribution in [0, 0.1) is 5.92 Å². The molecule has 0 spiro atoms. The van der Waals surface area contributed by atoms with Crippen molar-refractivity contribution in [2.45, 2.75) is 38.3 Å². The third-order valence-electron chi connectivity index (χ3n) is 3.63. The van der Waals surface area contributed by atoms with Gasteiger partial charge in [-0.05, 0) is 30.5 Å². The lowest BCUT2D eigenvalue weighted by Gasteiger charge is -2.16. The summed E-state index contributed by atoms with van der Waals surface area (Å²) in [5, 5.41) is 2.94. The minimum atomic E-state index is -4.31. The topological polar surface area (TPSA) is 12.0 Å². The van der Waals surface area contributed by atoms with E-state index in [0.29, 0.717) is 16.9 Å². The molecule has 106 valence electrons. The quantitative estimate of drug-likeness (QED) is 0.770. The van der Waals surface area contributed by atoms with Crippen LogP contribution in [0.5, 0.6) is 0 Å². The monoisotopic (exact) mass is 335 g/mol. The standard InChI is InChI=1S/C14H17BrF3N/c15-11-5-6-12(14(16,17)18)13(9-11)19-8-7-10-3-1-2-4-10/h5-6,9-10,19H,1-4,7-8H2. The highest BCUT2D eigenvalue weighted by atomic mass is 79.9. The lowest BCUT2D eigenvalue weighted by Crippen LogP contribution is -2.13. The number of anilines is 1. The fraction of sp³-hybridized carbons (Fsp3) is 0.571. The van der Waals surface area contributed by atoms with Gasteiger partial charge in [-0.2, -0.15) is 13.2 Å². The zero-order valence-electron chi connectivity index (χ0n) is 10.6. The number of benzene rings is 1. The van der Waals surface area contributed by atoms with Crippen molar-refractivity contribution in [2.24, 2.45) is 5.92 Å². The summed E-state index contributed by atoms with van der Waals surface area (Å²) in [6.07, 6.45) is 1.59. The second-order valence-electron chi connectivity index (χ2n) is 5.05. The van der Waals surface area contributed by atoms with E-state index in [2.05, 4.69) is 21.2 Å². The van der Waals surface area contributed by atoms with Crippen LogP contribution in [0.15, 0.2) is 22.7 Å². The smallest absolute Gasteiger partial charge is 0.385 e. The van der Waals surface area contributed by atoms with Crippen LogP contribution in [-0.2, 0) is 6.18 Å². The predicted octanol–water partition coefficient (Wildman–Crippen LogP) is 5.46. The van der Waals surface area contributed by atoms with Gasteiger partial charge in [0.1, 0.15) is 0 Å². The molecule has 1 aromatic carbocycles. The highest BCUT2D eigenvalue weighted by molar-refractivity contribution is 9.10. The Hall–Kier alpha value is -0.710. The van der Waals surface area contributed by atoms with E-state index in [1.807, 2.05) is 0 Å². The summed E-state index contributed by atoms with van der Waals surface area (Å²) in [6.45, 7) is 0.601. The van der Waals surface area contributed by atoms with Crippen molar-refractivity contribution in [1.82, 2.24) is 0 Å². The van der Waals surface area contributed by atoms with Crippen molar-refractivity contribution in [3.8, 4) is 0 Å². The summed E-state index contributed by atoms with van der Waals surface area (Å²) >= 11 is 3.21. The van der Waals surface area contributed by atoms with Crippen LogP contribution in [-0.4, -0.2) is 6.54 Å². The summed E-state index contributed by atoms with van der Waals surface area (Å²) in [7, 11) is 0. The van der Waals surface area contributed by atoms with Crippen molar-refractivity contribution in [3.63, 3.8) is 0 Å². The number of nitrogens with one attached hydrogen (secondary N) is 1. The first kappa shape index (κ1) is 14.7. The van der Waals surface area contributed by atoms with E-state index >= 15 is 0 Å². The van der Waals surface area contributed by atoms with Crippen LogP contribution >= 0.6 is 15.9 Å². The van der Waals surface area contributed by atoms with Gasteiger partial charge in [-0.3, -0.25) is 0 Å². The molecule has 0 amide bonds. The first-order valence-electron chi connectivity index (χ1n) is 6.57. The molecule has 1 aliphatic rings. The Balaban J connectivity index is 1.99. The Bertz CT molecular complexity index is 425. The van der Waals surface area contributed by atoms with Gasteiger partial charge in [-0.15, -0.1) is 0 Å². The number of rotatable bonds is 4. The molecule has 1 aromatic rings. The molecule has 0 aliphatic heterocycles. The largest absolute Gasteiger partial charge is 0.418 e. The summed E-state index contributed by atoms with van der Waals surface area (Å²) in [5.74, 6) is 0.675. The lowest BCUT2D eigenvalue weighted by molar-refractivity contribution is -0.137. The predicted molar refractivity (Wildman–Crippen MR) is 74.2 cm³/mol. The summed E-state index contributed by atoms with van der Waals surface area (Å²) in [4.78, 5) is 0. The zero-order valence-corrected chi connectivity index (χ0v) is 12.1. The second-order valence-corrected chi connectivity index (χ2v) is 5.97. The van der Waals surface area contributed by atoms with Crippen LogP contribution in [0.1, 0.15) is 37.7 Å². The van der Waals surface area contributed by atoms with Crippen LogP contribution in [0.2, 0.25) is 0 Å². The molecule has 0 radical (unpaired) electrons. The average molecular weight is 336 g/mol. The maximum Gasteiger partial charge on any atom is 0.418 e. The van der Waals surface area contributed by atoms with Crippen molar-refractivity contribution in [1.29, 1.82) is 0 Å². The van der Waals surface area contributed by atoms with Crippen LogP contribution < -0.4 is 5.32 Å². The van der Waals surface area contributed by atoms with Crippen LogP contribution in [0.25, 0.3) is 0 Å². The number of alkyl halides is 3. The molecule has 0 aromatic heterocycles. The molecule has 1 N–H and O–H groups in total.